The molecule has 0 aliphatic rings. The summed E-state index contributed by atoms with van der Waals surface area (Å²) >= 11 is 1.49. The van der Waals surface area contributed by atoms with E-state index >= 15 is 0 Å². The molecule has 16 heavy (non-hydrogen) atoms. The molecule has 0 aliphatic carbocycles. The Labute approximate surface area is 102 Å². The van der Waals surface area contributed by atoms with Gasteiger partial charge in [0.05, 0.1) is 10.6 Å². The molecule has 1 unspecified atom stereocenters. The summed E-state index contributed by atoms with van der Waals surface area (Å²) in [6, 6.07) is 0.372. The zero-order valence-corrected chi connectivity index (χ0v) is 11.2. The van der Waals surface area contributed by atoms with E-state index in [0.717, 1.165) is 25.1 Å². The van der Waals surface area contributed by atoms with Crippen LogP contribution in [0.5, 0.6) is 0 Å². The van der Waals surface area contributed by atoms with Gasteiger partial charge >= 0.3 is 0 Å². The molecule has 1 rings (SSSR count). The molecule has 0 radical (unpaired) electrons. The highest BCUT2D eigenvalue weighted by atomic mass is 32.1. The number of nitrogens with two attached hydrogens (primary N) is 1. The van der Waals surface area contributed by atoms with Crippen LogP contribution in [0, 0.1) is 5.92 Å². The molecule has 0 aliphatic heterocycles. The second-order valence-electron chi connectivity index (χ2n) is 4.36. The SMILES string of the molecule is CCCc1nnsc1CNC(CN)C(C)C. The van der Waals surface area contributed by atoms with Crippen LogP contribution in [-0.4, -0.2) is 22.2 Å². The van der Waals surface area contributed by atoms with E-state index in [1.165, 1.54) is 16.4 Å². The molecule has 0 bridgehead atoms. The van der Waals surface area contributed by atoms with Crippen LogP contribution in [-0.2, 0) is 13.0 Å². The third kappa shape index (κ3) is 3.81. The van der Waals surface area contributed by atoms with Crippen LogP contribution in [0.1, 0.15) is 37.8 Å². The highest BCUT2D eigenvalue weighted by Gasteiger charge is 2.13. The molecule has 0 saturated carbocycles. The summed E-state index contributed by atoms with van der Waals surface area (Å²) in [6.07, 6.45) is 2.13. The van der Waals surface area contributed by atoms with Crippen molar-refractivity contribution in [1.29, 1.82) is 0 Å². The first-order valence-electron chi connectivity index (χ1n) is 5.92. The molecule has 92 valence electrons. The number of hydrogen-bond acceptors (Lipinski definition) is 5. The molecule has 5 heteroatoms. The molecule has 3 N–H and O–H groups in total. The van der Waals surface area contributed by atoms with Gasteiger partial charge in [0, 0.05) is 19.1 Å². The highest BCUT2D eigenvalue weighted by Crippen LogP contribution is 2.13. The Bertz CT molecular complexity index is 298. The van der Waals surface area contributed by atoms with Crippen LogP contribution >= 0.6 is 11.5 Å². The van der Waals surface area contributed by atoms with Crippen molar-refractivity contribution in [2.75, 3.05) is 6.54 Å². The van der Waals surface area contributed by atoms with Crippen molar-refractivity contribution < 1.29 is 0 Å². The molecule has 0 saturated heterocycles. The lowest BCUT2D eigenvalue weighted by molar-refractivity contribution is 0.405. The molecule has 0 amide bonds. The van der Waals surface area contributed by atoms with Gasteiger partial charge < -0.3 is 11.1 Å². The van der Waals surface area contributed by atoms with Crippen LogP contribution in [0.3, 0.4) is 0 Å². The fourth-order valence-electron chi connectivity index (χ4n) is 1.60. The topological polar surface area (TPSA) is 63.8 Å². The van der Waals surface area contributed by atoms with E-state index in [1.54, 1.807) is 0 Å². The zero-order chi connectivity index (χ0) is 12.0. The van der Waals surface area contributed by atoms with Crippen LogP contribution in [0.15, 0.2) is 0 Å². The zero-order valence-electron chi connectivity index (χ0n) is 10.4. The third-order valence-corrected chi connectivity index (χ3v) is 3.47. The number of hydrogen-bond donors (Lipinski definition) is 2. The Hall–Kier alpha value is -0.520. The van der Waals surface area contributed by atoms with Crippen molar-refractivity contribution in [3.63, 3.8) is 0 Å². The van der Waals surface area contributed by atoms with Crippen molar-refractivity contribution in [3.05, 3.63) is 10.6 Å². The molecule has 1 heterocycles. The van der Waals surface area contributed by atoms with Crippen LogP contribution in [0.4, 0.5) is 0 Å². The predicted octanol–water partition coefficient (Wildman–Crippen LogP) is 1.56. The number of rotatable bonds is 7. The lowest BCUT2D eigenvalue weighted by Gasteiger charge is -2.20. The van der Waals surface area contributed by atoms with Gasteiger partial charge in [0.2, 0.25) is 0 Å². The van der Waals surface area contributed by atoms with Gasteiger partial charge in [-0.2, -0.15) is 0 Å². The summed E-state index contributed by atoms with van der Waals surface area (Å²) in [6.45, 7) is 8.04. The Balaban J connectivity index is 2.49. The second-order valence-corrected chi connectivity index (χ2v) is 5.20. The average Bonchev–Trinajstić information content (AvgIpc) is 2.67. The van der Waals surface area contributed by atoms with Crippen molar-refractivity contribution in [1.82, 2.24) is 14.9 Å². The standard InChI is InChI=1S/C11H22N4S/c1-4-5-9-11(16-15-14-9)7-13-10(6-12)8(2)3/h8,10,13H,4-7,12H2,1-3H3. The van der Waals surface area contributed by atoms with Crippen molar-refractivity contribution >= 4 is 11.5 Å². The van der Waals surface area contributed by atoms with Gasteiger partial charge in [0.15, 0.2) is 0 Å². The van der Waals surface area contributed by atoms with Gasteiger partial charge in [-0.15, -0.1) is 5.10 Å². The Morgan fingerprint density at radius 2 is 2.19 bits per heavy atom. The summed E-state index contributed by atoms with van der Waals surface area (Å²) in [5.74, 6) is 0.556. The summed E-state index contributed by atoms with van der Waals surface area (Å²) in [7, 11) is 0. The van der Waals surface area contributed by atoms with E-state index in [1.807, 2.05) is 0 Å². The fraction of sp³-hybridized carbons (Fsp3) is 0.818. The third-order valence-electron chi connectivity index (χ3n) is 2.70. The molecular weight excluding hydrogens is 220 g/mol. The first kappa shape index (κ1) is 13.5. The summed E-state index contributed by atoms with van der Waals surface area (Å²) in [5, 5.41) is 7.63. The Morgan fingerprint density at radius 3 is 2.75 bits per heavy atom. The number of nitrogens with zero attached hydrogens (tertiary/aromatic N) is 2. The minimum absolute atomic E-state index is 0.372. The quantitative estimate of drug-likeness (QED) is 0.761. The first-order valence-corrected chi connectivity index (χ1v) is 6.69. The Morgan fingerprint density at radius 1 is 1.44 bits per heavy atom. The van der Waals surface area contributed by atoms with E-state index in [0.29, 0.717) is 18.5 Å². The van der Waals surface area contributed by atoms with E-state index in [4.69, 9.17) is 5.73 Å². The minimum atomic E-state index is 0.372. The monoisotopic (exact) mass is 242 g/mol. The van der Waals surface area contributed by atoms with Crippen LogP contribution in [0.2, 0.25) is 0 Å². The maximum absolute atomic E-state index is 5.72. The molecule has 4 nitrogen and oxygen atoms in total. The van der Waals surface area contributed by atoms with E-state index in [9.17, 15) is 0 Å². The minimum Gasteiger partial charge on any atom is -0.329 e. The molecule has 1 aromatic rings. The average molecular weight is 242 g/mol. The largest absolute Gasteiger partial charge is 0.329 e. The van der Waals surface area contributed by atoms with Crippen molar-refractivity contribution in [3.8, 4) is 0 Å². The second kappa shape index (κ2) is 6.93. The van der Waals surface area contributed by atoms with E-state index in [2.05, 4.69) is 35.7 Å². The lowest BCUT2D eigenvalue weighted by atomic mass is 10.0. The lowest BCUT2D eigenvalue weighted by Crippen LogP contribution is -2.39. The van der Waals surface area contributed by atoms with E-state index < -0.39 is 0 Å². The molecule has 0 aromatic carbocycles. The van der Waals surface area contributed by atoms with Crippen LogP contribution < -0.4 is 11.1 Å². The smallest absolute Gasteiger partial charge is 0.0800 e. The fourth-order valence-corrected chi connectivity index (χ4v) is 2.24. The molecule has 0 fully saturated rings. The summed E-state index contributed by atoms with van der Waals surface area (Å²) in [4.78, 5) is 1.25. The highest BCUT2D eigenvalue weighted by molar-refractivity contribution is 7.05. The normalized spacial score (nSPS) is 13.3. The van der Waals surface area contributed by atoms with Gasteiger partial charge in [0.25, 0.3) is 0 Å². The van der Waals surface area contributed by atoms with Gasteiger partial charge in [-0.1, -0.05) is 31.7 Å². The molecule has 0 spiro atoms. The molecule has 1 aromatic heterocycles. The van der Waals surface area contributed by atoms with Gasteiger partial charge in [0.1, 0.15) is 0 Å². The predicted molar refractivity (Wildman–Crippen MR) is 68.4 cm³/mol. The number of aryl methyl sites for hydroxylation is 1. The maximum Gasteiger partial charge on any atom is 0.0800 e. The number of nitrogens with one attached hydrogen (secondary N) is 1. The summed E-state index contributed by atoms with van der Waals surface area (Å²) < 4.78 is 4.01. The van der Waals surface area contributed by atoms with Gasteiger partial charge in [-0.25, -0.2) is 0 Å². The number of aromatic nitrogens is 2. The van der Waals surface area contributed by atoms with E-state index in [-0.39, 0.29) is 0 Å². The van der Waals surface area contributed by atoms with Gasteiger partial charge in [-0.3, -0.25) is 0 Å². The first-order chi connectivity index (χ1) is 7.69. The Kier molecular flexibility index (Phi) is 5.87. The van der Waals surface area contributed by atoms with Crippen molar-refractivity contribution in [2.24, 2.45) is 11.7 Å². The summed E-state index contributed by atoms with van der Waals surface area (Å²) in [5.41, 5.74) is 6.86. The molecular formula is C11H22N4S. The maximum atomic E-state index is 5.72. The van der Waals surface area contributed by atoms with Crippen LogP contribution in [0.25, 0.3) is 0 Å². The molecule has 1 atom stereocenters. The van der Waals surface area contributed by atoms with Gasteiger partial charge in [-0.05, 0) is 23.9 Å². The van der Waals surface area contributed by atoms with Crippen molar-refractivity contribution in [2.45, 2.75) is 46.2 Å².